The quantitative estimate of drug-likeness (QED) is 0.227. The average Bonchev–Trinajstić information content (AvgIpc) is 2.99. The fourth-order valence-corrected chi connectivity index (χ4v) is 4.09. The number of nitrogens with one attached hydrogen (secondary N) is 1. The van der Waals surface area contributed by atoms with E-state index in [9.17, 15) is 9.18 Å². The van der Waals surface area contributed by atoms with Gasteiger partial charge in [-0.3, -0.25) is 9.78 Å². The van der Waals surface area contributed by atoms with Crippen LogP contribution in [0.1, 0.15) is 22.5 Å². The normalized spacial score (nSPS) is 11.6. The number of aryl methyl sites for hydroxylation is 3. The SMILES string of the molecule is CNc1cc(C)cnc1C.Cc1nn(PI)c2cc(/C=C(\F)C=O)ccc12. The number of fused-ring (bicyclic) bond motifs is 1. The van der Waals surface area contributed by atoms with Gasteiger partial charge in [0, 0.05) is 18.6 Å². The first-order valence-electron chi connectivity index (χ1n) is 8.19. The van der Waals surface area contributed by atoms with E-state index in [4.69, 9.17) is 0 Å². The van der Waals surface area contributed by atoms with Gasteiger partial charge >= 0.3 is 0 Å². The molecular formula is C19H21FIN4OP. The third-order valence-corrected chi connectivity index (χ3v) is 5.75. The van der Waals surface area contributed by atoms with E-state index in [-0.39, 0.29) is 6.29 Å². The molecule has 2 heterocycles. The summed E-state index contributed by atoms with van der Waals surface area (Å²) in [4.78, 5) is 14.4. The predicted molar refractivity (Wildman–Crippen MR) is 121 cm³/mol. The molecule has 1 N–H and O–H groups in total. The lowest BCUT2D eigenvalue weighted by molar-refractivity contribution is -0.106. The molecule has 0 amide bonds. The molecule has 3 aromatic rings. The highest BCUT2D eigenvalue weighted by Gasteiger charge is 2.07. The molecule has 0 aliphatic carbocycles. The van der Waals surface area contributed by atoms with Crippen molar-refractivity contribution in [2.24, 2.45) is 0 Å². The maximum absolute atomic E-state index is 12.9. The molecule has 142 valence electrons. The van der Waals surface area contributed by atoms with Crippen LogP contribution in [0.3, 0.4) is 0 Å². The lowest BCUT2D eigenvalue weighted by Gasteiger charge is -2.03. The Kier molecular flexibility index (Phi) is 7.86. The van der Waals surface area contributed by atoms with E-state index in [1.807, 2.05) is 50.6 Å². The topological polar surface area (TPSA) is 59.8 Å². The molecule has 0 fully saturated rings. The Morgan fingerprint density at radius 3 is 2.59 bits per heavy atom. The van der Waals surface area contributed by atoms with Gasteiger partial charge in [0.25, 0.3) is 0 Å². The lowest BCUT2D eigenvalue weighted by atomic mass is 10.1. The number of hydrogen-bond acceptors (Lipinski definition) is 4. The first kappa shape index (κ1) is 21.4. The van der Waals surface area contributed by atoms with Crippen LogP contribution in [0.2, 0.25) is 0 Å². The van der Waals surface area contributed by atoms with Gasteiger partial charge in [0.1, 0.15) is 0 Å². The Morgan fingerprint density at radius 2 is 2.00 bits per heavy atom. The van der Waals surface area contributed by atoms with Crippen LogP contribution < -0.4 is 5.32 Å². The molecule has 2 aromatic heterocycles. The predicted octanol–water partition coefficient (Wildman–Crippen LogP) is 5.39. The first-order valence-corrected chi connectivity index (χ1v) is 12.2. The van der Waals surface area contributed by atoms with Crippen molar-refractivity contribution in [1.29, 1.82) is 0 Å². The summed E-state index contributed by atoms with van der Waals surface area (Å²) in [6, 6.07) is 7.60. The van der Waals surface area contributed by atoms with Crippen molar-refractivity contribution in [1.82, 2.24) is 14.5 Å². The van der Waals surface area contributed by atoms with E-state index < -0.39 is 5.83 Å². The van der Waals surface area contributed by atoms with Crippen molar-refractivity contribution in [2.75, 3.05) is 12.4 Å². The Hall–Kier alpha value is -1.86. The molecule has 1 atom stereocenters. The third-order valence-electron chi connectivity index (χ3n) is 3.88. The maximum atomic E-state index is 12.9. The van der Waals surface area contributed by atoms with Gasteiger partial charge in [-0.05, 0) is 72.1 Å². The summed E-state index contributed by atoms with van der Waals surface area (Å²) in [5.41, 5.74) is 5.93. The summed E-state index contributed by atoms with van der Waals surface area (Å²) in [6.45, 7) is 5.97. The van der Waals surface area contributed by atoms with Crippen LogP contribution in [0, 0.1) is 20.8 Å². The number of rotatable bonds is 4. The van der Waals surface area contributed by atoms with Crippen LogP contribution in [-0.2, 0) is 4.79 Å². The Bertz CT molecular complexity index is 987. The minimum atomic E-state index is -0.774. The number of halogens is 2. The number of nitrogens with zero attached hydrogens (tertiary/aromatic N) is 3. The number of benzene rings is 1. The Balaban J connectivity index is 0.000000223. The van der Waals surface area contributed by atoms with Crippen LogP contribution in [0.25, 0.3) is 17.0 Å². The fraction of sp³-hybridized carbons (Fsp3) is 0.211. The van der Waals surface area contributed by atoms with E-state index >= 15 is 0 Å². The molecular weight excluding hydrogens is 477 g/mol. The number of carbonyl (C=O) groups is 1. The van der Waals surface area contributed by atoms with Gasteiger partial charge in [-0.2, -0.15) is 5.10 Å². The standard InChI is InChI=1S/C11H9FIN2OP.C8H12N2/c1-7-10-3-2-8(4-9(12)6-16)5-11(10)15(14-7)17-13;1-6-4-8(9-3)7(2)10-5-6/h2-6,17H,1H3;4-5,9H,1-3H3/b9-4-;. The fourth-order valence-electron chi connectivity index (χ4n) is 2.53. The van der Waals surface area contributed by atoms with E-state index in [2.05, 4.69) is 43.5 Å². The third kappa shape index (κ3) is 5.56. The molecule has 1 unspecified atom stereocenters. The molecule has 0 saturated carbocycles. The molecule has 0 saturated heterocycles. The second-order valence-electron chi connectivity index (χ2n) is 5.90. The zero-order valence-electron chi connectivity index (χ0n) is 15.5. The number of anilines is 1. The van der Waals surface area contributed by atoms with Gasteiger partial charge in [0.2, 0.25) is 0 Å². The first-order chi connectivity index (χ1) is 12.9. The summed E-state index contributed by atoms with van der Waals surface area (Å²) < 4.78 is 14.8. The molecule has 8 heteroatoms. The molecule has 27 heavy (non-hydrogen) atoms. The molecule has 1 aromatic carbocycles. The van der Waals surface area contributed by atoms with Crippen molar-refractivity contribution in [3.8, 4) is 0 Å². The highest BCUT2D eigenvalue weighted by Crippen LogP contribution is 2.30. The van der Waals surface area contributed by atoms with Gasteiger partial charge in [-0.25, -0.2) is 8.84 Å². The number of allylic oxidation sites excluding steroid dienone is 1. The molecule has 0 spiro atoms. The molecule has 0 radical (unpaired) electrons. The van der Waals surface area contributed by atoms with Crippen molar-refractivity contribution in [2.45, 2.75) is 20.8 Å². The number of pyridine rings is 1. The monoisotopic (exact) mass is 498 g/mol. The molecule has 0 bridgehead atoms. The molecule has 0 aliphatic rings. The average molecular weight is 498 g/mol. The smallest absolute Gasteiger partial charge is 0.178 e. The number of aromatic nitrogens is 3. The highest BCUT2D eigenvalue weighted by molar-refractivity contribution is 14.2. The van der Waals surface area contributed by atoms with E-state index in [1.54, 1.807) is 6.07 Å². The van der Waals surface area contributed by atoms with Gasteiger partial charge in [0.05, 0.1) is 29.0 Å². The van der Waals surface area contributed by atoms with Gasteiger partial charge < -0.3 is 5.32 Å². The van der Waals surface area contributed by atoms with Crippen molar-refractivity contribution in [3.05, 3.63) is 58.8 Å². The zero-order valence-corrected chi connectivity index (χ0v) is 18.7. The zero-order chi connectivity index (χ0) is 20.0. The van der Waals surface area contributed by atoms with Crippen LogP contribution in [0.5, 0.6) is 0 Å². The van der Waals surface area contributed by atoms with Crippen molar-refractivity contribution < 1.29 is 9.18 Å². The Morgan fingerprint density at radius 1 is 1.26 bits per heavy atom. The minimum Gasteiger partial charge on any atom is -0.387 e. The summed E-state index contributed by atoms with van der Waals surface area (Å²) in [5, 5.41) is 8.51. The van der Waals surface area contributed by atoms with Crippen LogP contribution in [0.4, 0.5) is 10.1 Å². The molecule has 3 rings (SSSR count). The van der Waals surface area contributed by atoms with Gasteiger partial charge in [-0.1, -0.05) is 12.1 Å². The largest absolute Gasteiger partial charge is 0.387 e. The summed E-state index contributed by atoms with van der Waals surface area (Å²) >= 11 is 2.24. The van der Waals surface area contributed by atoms with Crippen molar-refractivity contribution in [3.63, 3.8) is 0 Å². The van der Waals surface area contributed by atoms with E-state index in [1.165, 1.54) is 11.6 Å². The van der Waals surface area contributed by atoms with Crippen LogP contribution in [-0.4, -0.2) is 27.9 Å². The number of hydrogen-bond donors (Lipinski definition) is 1. The number of aldehydes is 1. The van der Waals surface area contributed by atoms with Gasteiger partial charge in [-0.15, -0.1) is 0 Å². The lowest BCUT2D eigenvalue weighted by Crippen LogP contribution is -1.94. The summed E-state index contributed by atoms with van der Waals surface area (Å²) in [6.07, 6.45) is 3.78. The van der Waals surface area contributed by atoms with E-state index in [0.717, 1.165) is 28.0 Å². The molecule has 0 aliphatic heterocycles. The Labute approximate surface area is 172 Å². The van der Waals surface area contributed by atoms with Crippen LogP contribution in [0.15, 0.2) is 36.3 Å². The summed E-state index contributed by atoms with van der Waals surface area (Å²) in [5.74, 6) is -0.774. The van der Waals surface area contributed by atoms with E-state index in [0.29, 0.717) is 11.9 Å². The van der Waals surface area contributed by atoms with Crippen molar-refractivity contribution >= 4 is 57.4 Å². The minimum absolute atomic E-state index is 0.201. The second-order valence-corrected chi connectivity index (χ2v) is 7.94. The summed E-state index contributed by atoms with van der Waals surface area (Å²) in [7, 11) is 1.91. The maximum Gasteiger partial charge on any atom is 0.178 e. The van der Waals surface area contributed by atoms with Crippen LogP contribution >= 0.6 is 28.4 Å². The highest BCUT2D eigenvalue weighted by atomic mass is 127. The second kappa shape index (κ2) is 9.90. The molecule has 5 nitrogen and oxygen atoms in total. The van der Waals surface area contributed by atoms with Gasteiger partial charge in [0.15, 0.2) is 12.1 Å². The number of carbonyl (C=O) groups excluding carboxylic acids is 1.